The van der Waals surface area contributed by atoms with Gasteiger partial charge in [0.2, 0.25) is 10.0 Å². The van der Waals surface area contributed by atoms with Gasteiger partial charge in [-0.2, -0.15) is 13.2 Å². The zero-order valence-electron chi connectivity index (χ0n) is 11.4. The number of unbranched alkanes of at least 4 members (excludes halogenated alkanes) is 1. The molecular weight excluding hydrogens is 309 g/mol. The maximum absolute atomic E-state index is 11.9. The molecule has 9 heteroatoms. The highest BCUT2D eigenvalue weighted by Gasteiger charge is 2.26. The number of hydrogen-bond acceptors (Lipinski definition) is 4. The topological polar surface area (TPSA) is 81.4 Å². The number of nitrogen functional groups attached to an aromatic ring is 1. The first-order valence-electron chi connectivity index (χ1n) is 6.15. The molecule has 0 saturated heterocycles. The number of ether oxygens (including phenoxy) is 1. The van der Waals surface area contributed by atoms with Crippen molar-refractivity contribution < 1.29 is 26.3 Å². The Morgan fingerprint density at radius 1 is 1.29 bits per heavy atom. The molecule has 0 spiro atoms. The van der Waals surface area contributed by atoms with Crippen LogP contribution in [0.3, 0.4) is 0 Å². The predicted molar refractivity (Wildman–Crippen MR) is 72.5 cm³/mol. The molecule has 0 atom stereocenters. The van der Waals surface area contributed by atoms with Crippen molar-refractivity contribution in [3.05, 3.63) is 18.2 Å². The fourth-order valence-electron chi connectivity index (χ4n) is 1.62. The Hall–Kier alpha value is -1.48. The van der Waals surface area contributed by atoms with Crippen LogP contribution in [-0.4, -0.2) is 28.2 Å². The molecule has 0 aliphatic carbocycles. The van der Waals surface area contributed by atoms with Crippen molar-refractivity contribution in [1.82, 2.24) is 4.72 Å². The fraction of sp³-hybridized carbons (Fsp3) is 0.500. The molecule has 120 valence electrons. The van der Waals surface area contributed by atoms with E-state index in [1.54, 1.807) is 0 Å². The molecule has 21 heavy (non-hydrogen) atoms. The van der Waals surface area contributed by atoms with Crippen molar-refractivity contribution in [1.29, 1.82) is 0 Å². The summed E-state index contributed by atoms with van der Waals surface area (Å²) in [6, 6.07) is 3.96. The Kier molecular flexibility index (Phi) is 5.85. The number of nitrogens with two attached hydrogens (primary N) is 1. The van der Waals surface area contributed by atoms with E-state index in [1.165, 1.54) is 25.3 Å². The standard InChI is InChI=1S/C12H17F3N2O3S/c1-20-11-5-4-9(8-10(11)16)21(18,19)17-7-3-2-6-12(13,14)15/h4-5,8,17H,2-3,6-7,16H2,1H3. The lowest BCUT2D eigenvalue weighted by Crippen LogP contribution is -2.25. The summed E-state index contributed by atoms with van der Waals surface area (Å²) in [6.45, 7) is -0.0651. The Morgan fingerprint density at radius 2 is 1.95 bits per heavy atom. The first kappa shape index (κ1) is 17.6. The molecule has 3 N–H and O–H groups in total. The van der Waals surface area contributed by atoms with Crippen molar-refractivity contribution in [2.45, 2.75) is 30.3 Å². The van der Waals surface area contributed by atoms with Gasteiger partial charge in [-0.1, -0.05) is 0 Å². The second kappa shape index (κ2) is 6.99. The van der Waals surface area contributed by atoms with Gasteiger partial charge in [0.1, 0.15) is 5.75 Å². The van der Waals surface area contributed by atoms with Gasteiger partial charge < -0.3 is 10.5 Å². The minimum Gasteiger partial charge on any atom is -0.495 e. The van der Waals surface area contributed by atoms with E-state index in [4.69, 9.17) is 10.5 Å². The lowest BCUT2D eigenvalue weighted by atomic mass is 10.2. The highest BCUT2D eigenvalue weighted by atomic mass is 32.2. The number of methoxy groups -OCH3 is 1. The highest BCUT2D eigenvalue weighted by molar-refractivity contribution is 7.89. The van der Waals surface area contributed by atoms with Gasteiger partial charge in [0.25, 0.3) is 0 Å². The number of benzene rings is 1. The summed E-state index contributed by atoms with van der Waals surface area (Å²) in [7, 11) is -2.39. The molecule has 0 fully saturated rings. The van der Waals surface area contributed by atoms with E-state index in [0.29, 0.717) is 5.75 Å². The summed E-state index contributed by atoms with van der Waals surface area (Å²) in [5, 5.41) is 0. The summed E-state index contributed by atoms with van der Waals surface area (Å²) in [5.41, 5.74) is 5.77. The van der Waals surface area contributed by atoms with Crippen LogP contribution in [0, 0.1) is 0 Å². The molecule has 0 heterocycles. The third-order valence-corrected chi connectivity index (χ3v) is 4.15. The first-order chi connectivity index (χ1) is 9.65. The maximum atomic E-state index is 11.9. The van der Waals surface area contributed by atoms with E-state index in [-0.39, 0.29) is 30.0 Å². The quantitative estimate of drug-likeness (QED) is 0.595. The van der Waals surface area contributed by atoms with Crippen LogP contribution in [0.4, 0.5) is 18.9 Å². The van der Waals surface area contributed by atoms with Crippen molar-refractivity contribution in [3.63, 3.8) is 0 Å². The van der Waals surface area contributed by atoms with E-state index in [9.17, 15) is 21.6 Å². The monoisotopic (exact) mass is 326 g/mol. The smallest absolute Gasteiger partial charge is 0.389 e. The zero-order chi connectivity index (χ0) is 16.1. The summed E-state index contributed by atoms with van der Waals surface area (Å²) in [5.74, 6) is 0.346. The molecule has 5 nitrogen and oxygen atoms in total. The molecule has 0 amide bonds. The SMILES string of the molecule is COc1ccc(S(=O)(=O)NCCCCC(F)(F)F)cc1N. The third kappa shape index (κ3) is 5.80. The van der Waals surface area contributed by atoms with Gasteiger partial charge in [-0.25, -0.2) is 13.1 Å². The van der Waals surface area contributed by atoms with Gasteiger partial charge >= 0.3 is 6.18 Å². The minimum absolute atomic E-state index is 0.0587. The molecule has 1 aromatic carbocycles. The molecule has 0 aliphatic heterocycles. The molecule has 0 aromatic heterocycles. The number of hydrogen-bond donors (Lipinski definition) is 2. The maximum Gasteiger partial charge on any atom is 0.389 e. The normalized spacial score (nSPS) is 12.4. The number of halogens is 3. The van der Waals surface area contributed by atoms with Crippen molar-refractivity contribution in [3.8, 4) is 5.75 Å². The van der Waals surface area contributed by atoms with E-state index < -0.39 is 22.6 Å². The van der Waals surface area contributed by atoms with Gasteiger partial charge in [-0.3, -0.25) is 0 Å². The lowest BCUT2D eigenvalue weighted by molar-refractivity contribution is -0.135. The molecule has 0 unspecified atom stereocenters. The molecule has 0 aliphatic rings. The second-order valence-electron chi connectivity index (χ2n) is 4.37. The van der Waals surface area contributed by atoms with Crippen LogP contribution in [0.2, 0.25) is 0 Å². The van der Waals surface area contributed by atoms with Gasteiger partial charge in [0.05, 0.1) is 17.7 Å². The van der Waals surface area contributed by atoms with Gasteiger partial charge in [0.15, 0.2) is 0 Å². The van der Waals surface area contributed by atoms with Crippen LogP contribution in [0.1, 0.15) is 19.3 Å². The number of nitrogens with one attached hydrogen (secondary N) is 1. The predicted octanol–water partition coefficient (Wildman–Crippen LogP) is 2.29. The van der Waals surface area contributed by atoms with Crippen LogP contribution >= 0.6 is 0 Å². The summed E-state index contributed by atoms with van der Waals surface area (Å²) < 4.78 is 66.8. The number of rotatable bonds is 7. The van der Waals surface area contributed by atoms with Crippen molar-refractivity contribution in [2.75, 3.05) is 19.4 Å². The molecular formula is C12H17F3N2O3S. The van der Waals surface area contributed by atoms with Crippen molar-refractivity contribution in [2.24, 2.45) is 0 Å². The Bertz CT molecular complexity index is 574. The zero-order valence-corrected chi connectivity index (χ0v) is 12.2. The average Bonchev–Trinajstić information content (AvgIpc) is 2.36. The molecule has 0 radical (unpaired) electrons. The van der Waals surface area contributed by atoms with E-state index >= 15 is 0 Å². The molecule has 0 saturated carbocycles. The van der Waals surface area contributed by atoms with Crippen LogP contribution in [0.15, 0.2) is 23.1 Å². The van der Waals surface area contributed by atoms with E-state index in [2.05, 4.69) is 4.72 Å². The van der Waals surface area contributed by atoms with Crippen LogP contribution < -0.4 is 15.2 Å². The molecule has 1 rings (SSSR count). The third-order valence-electron chi connectivity index (χ3n) is 2.69. The fourth-order valence-corrected chi connectivity index (χ4v) is 2.73. The number of sulfonamides is 1. The second-order valence-corrected chi connectivity index (χ2v) is 6.14. The Balaban J connectivity index is 2.56. The van der Waals surface area contributed by atoms with Gasteiger partial charge in [-0.05, 0) is 31.0 Å². The minimum atomic E-state index is -4.22. The summed E-state index contributed by atoms with van der Waals surface area (Å²) in [6.07, 6.45) is -5.17. The lowest BCUT2D eigenvalue weighted by Gasteiger charge is -2.10. The number of anilines is 1. The Labute approximate surface area is 121 Å². The van der Waals surface area contributed by atoms with Crippen LogP contribution in [-0.2, 0) is 10.0 Å². The van der Waals surface area contributed by atoms with Crippen molar-refractivity contribution >= 4 is 15.7 Å². The Morgan fingerprint density at radius 3 is 2.48 bits per heavy atom. The summed E-state index contributed by atoms with van der Waals surface area (Å²) in [4.78, 5) is -0.0587. The van der Waals surface area contributed by atoms with Crippen LogP contribution in [0.25, 0.3) is 0 Å². The van der Waals surface area contributed by atoms with E-state index in [0.717, 1.165) is 0 Å². The van der Waals surface area contributed by atoms with Crippen LogP contribution in [0.5, 0.6) is 5.75 Å². The number of alkyl halides is 3. The summed E-state index contributed by atoms with van der Waals surface area (Å²) >= 11 is 0. The van der Waals surface area contributed by atoms with E-state index in [1.807, 2.05) is 0 Å². The molecule has 1 aromatic rings. The largest absolute Gasteiger partial charge is 0.495 e. The molecule has 0 bridgehead atoms. The van der Waals surface area contributed by atoms with Gasteiger partial charge in [-0.15, -0.1) is 0 Å². The van der Waals surface area contributed by atoms with Gasteiger partial charge in [0, 0.05) is 13.0 Å². The highest BCUT2D eigenvalue weighted by Crippen LogP contribution is 2.24. The average molecular weight is 326 g/mol. The first-order valence-corrected chi connectivity index (χ1v) is 7.64.